The zero-order valence-corrected chi connectivity index (χ0v) is 23.6. The Morgan fingerprint density at radius 2 is 1.16 bits per heavy atom. The largest absolute Gasteiger partial charge is 0.456 e. The molecule has 0 spiro atoms. The maximum Gasteiger partial charge on any atom is 0.213 e. The van der Waals surface area contributed by atoms with Crippen molar-refractivity contribution in [3.8, 4) is 5.69 Å². The Kier molecular flexibility index (Phi) is 5.22. The van der Waals surface area contributed by atoms with Crippen LogP contribution in [0.5, 0.6) is 0 Å². The lowest BCUT2D eigenvalue weighted by Crippen LogP contribution is -2.09. The second-order valence-corrected chi connectivity index (χ2v) is 11.2. The van der Waals surface area contributed by atoms with E-state index in [1.807, 2.05) is 48.5 Å². The van der Waals surface area contributed by atoms with Crippen LogP contribution in [0.1, 0.15) is 0 Å². The summed E-state index contributed by atoms with van der Waals surface area (Å²) in [5.74, 6) is 0. The fraction of sp³-hybridized carbons (Fsp3) is 0. The van der Waals surface area contributed by atoms with Crippen molar-refractivity contribution in [2.75, 3.05) is 4.90 Å². The SMILES string of the molecule is Clc1ccc2oc3c(c2c1)c1ccc(N(c2ccccc2)c2ccc4c(c2)oc2ccccc24)cc1n3-c1ccccc1. The molecular weight excluding hydrogens is 552 g/mol. The summed E-state index contributed by atoms with van der Waals surface area (Å²) in [6.07, 6.45) is 0. The Balaban J connectivity index is 1.32. The van der Waals surface area contributed by atoms with Crippen LogP contribution in [0.3, 0.4) is 0 Å². The average Bonchev–Trinajstić information content (AvgIpc) is 3.70. The van der Waals surface area contributed by atoms with Crippen molar-refractivity contribution >= 4 is 83.6 Å². The van der Waals surface area contributed by atoms with Crippen LogP contribution in [0.4, 0.5) is 17.1 Å². The monoisotopic (exact) mass is 574 g/mol. The Bertz CT molecular complexity index is 2470. The number of benzene rings is 6. The van der Waals surface area contributed by atoms with Gasteiger partial charge in [-0.05, 0) is 78.9 Å². The van der Waals surface area contributed by atoms with Crippen molar-refractivity contribution in [3.63, 3.8) is 0 Å². The van der Waals surface area contributed by atoms with Crippen molar-refractivity contribution in [1.29, 1.82) is 0 Å². The van der Waals surface area contributed by atoms with E-state index in [-0.39, 0.29) is 0 Å². The summed E-state index contributed by atoms with van der Waals surface area (Å²) >= 11 is 6.46. The molecule has 0 fully saturated rings. The molecule has 0 bridgehead atoms. The normalized spacial score (nSPS) is 11.8. The Labute approximate surface area is 251 Å². The summed E-state index contributed by atoms with van der Waals surface area (Å²) in [6.45, 7) is 0. The number of rotatable bonds is 4. The molecule has 0 amide bonds. The van der Waals surface area contributed by atoms with Gasteiger partial charge in [0.2, 0.25) is 5.71 Å². The van der Waals surface area contributed by atoms with Crippen LogP contribution in [0.2, 0.25) is 5.02 Å². The lowest BCUT2D eigenvalue weighted by atomic mass is 10.1. The Hall–Kier alpha value is -5.45. The van der Waals surface area contributed by atoms with E-state index in [2.05, 4.69) is 100 Å². The van der Waals surface area contributed by atoms with Gasteiger partial charge in [-0.3, -0.25) is 4.57 Å². The fourth-order valence-corrected chi connectivity index (χ4v) is 6.52. The van der Waals surface area contributed by atoms with E-state index < -0.39 is 0 Å². The molecule has 0 radical (unpaired) electrons. The summed E-state index contributed by atoms with van der Waals surface area (Å²) in [7, 11) is 0. The molecule has 0 atom stereocenters. The zero-order valence-electron chi connectivity index (χ0n) is 22.9. The van der Waals surface area contributed by atoms with E-state index in [0.29, 0.717) is 5.02 Å². The van der Waals surface area contributed by atoms with Gasteiger partial charge >= 0.3 is 0 Å². The lowest BCUT2D eigenvalue weighted by Gasteiger charge is -2.25. The number of hydrogen-bond acceptors (Lipinski definition) is 3. The summed E-state index contributed by atoms with van der Waals surface area (Å²) in [6, 6.07) is 47.8. The molecule has 4 nitrogen and oxygen atoms in total. The molecule has 204 valence electrons. The van der Waals surface area contributed by atoms with E-state index in [9.17, 15) is 0 Å². The third-order valence-electron chi connectivity index (χ3n) is 8.23. The third-order valence-corrected chi connectivity index (χ3v) is 8.47. The molecule has 0 aliphatic carbocycles. The maximum atomic E-state index is 6.50. The van der Waals surface area contributed by atoms with E-state index in [1.54, 1.807) is 0 Å². The highest BCUT2D eigenvalue weighted by molar-refractivity contribution is 6.32. The second-order valence-electron chi connectivity index (χ2n) is 10.7. The first-order valence-electron chi connectivity index (χ1n) is 14.2. The molecular formula is C38H23ClN2O2. The molecule has 9 aromatic rings. The number of anilines is 3. The quantitative estimate of drug-likeness (QED) is 0.210. The summed E-state index contributed by atoms with van der Waals surface area (Å²) in [5, 5.41) is 6.06. The number of hydrogen-bond donors (Lipinski definition) is 0. The maximum absolute atomic E-state index is 6.50. The number of nitrogens with zero attached hydrogens (tertiary/aromatic N) is 2. The fourth-order valence-electron chi connectivity index (χ4n) is 6.35. The first-order chi connectivity index (χ1) is 21.2. The first kappa shape index (κ1) is 24.2. The topological polar surface area (TPSA) is 34.5 Å². The Morgan fingerprint density at radius 3 is 2.00 bits per heavy atom. The lowest BCUT2D eigenvalue weighted by molar-refractivity contribution is 0.645. The molecule has 0 N–H and O–H groups in total. The van der Waals surface area contributed by atoms with Crippen LogP contribution in [0, 0.1) is 0 Å². The number of halogens is 1. The third kappa shape index (κ3) is 3.70. The number of para-hydroxylation sites is 3. The van der Waals surface area contributed by atoms with Gasteiger partial charge in [0.05, 0.1) is 10.9 Å². The molecule has 0 saturated heterocycles. The van der Waals surface area contributed by atoms with Gasteiger partial charge in [0.25, 0.3) is 0 Å². The summed E-state index contributed by atoms with van der Waals surface area (Å²) in [5.41, 5.74) is 8.51. The van der Waals surface area contributed by atoms with Crippen LogP contribution < -0.4 is 4.90 Å². The molecule has 0 aliphatic heterocycles. The molecule has 3 aromatic heterocycles. The van der Waals surface area contributed by atoms with Gasteiger partial charge in [-0.1, -0.05) is 66.2 Å². The summed E-state index contributed by atoms with van der Waals surface area (Å²) in [4.78, 5) is 2.27. The standard InChI is InChI=1S/C38H23ClN2O2/c39-24-15-20-35-32(21-24)37-31-19-17-27(22-33(31)41(38(37)43-35)26-11-5-2-6-12-26)40(25-9-3-1-4-10-25)28-16-18-30-29-13-7-8-14-34(29)42-36(30)23-28/h1-23H. The average molecular weight is 575 g/mol. The van der Waals surface area contributed by atoms with Crippen LogP contribution in [-0.2, 0) is 0 Å². The van der Waals surface area contributed by atoms with Gasteiger partial charge < -0.3 is 13.7 Å². The molecule has 6 aromatic carbocycles. The van der Waals surface area contributed by atoms with Crippen LogP contribution in [0.25, 0.3) is 60.6 Å². The van der Waals surface area contributed by atoms with Gasteiger partial charge in [-0.25, -0.2) is 0 Å². The van der Waals surface area contributed by atoms with Gasteiger partial charge in [-0.2, -0.15) is 0 Å². The molecule has 9 rings (SSSR count). The van der Waals surface area contributed by atoms with Crippen LogP contribution >= 0.6 is 11.6 Å². The molecule has 0 aliphatic rings. The minimum atomic E-state index is 0.684. The summed E-state index contributed by atoms with van der Waals surface area (Å²) < 4.78 is 15.0. The highest BCUT2D eigenvalue weighted by Gasteiger charge is 2.22. The number of furan rings is 2. The van der Waals surface area contributed by atoms with E-state index >= 15 is 0 Å². The van der Waals surface area contributed by atoms with E-state index in [0.717, 1.165) is 77.7 Å². The minimum absolute atomic E-state index is 0.684. The van der Waals surface area contributed by atoms with Crippen LogP contribution in [0.15, 0.2) is 148 Å². The molecule has 0 saturated carbocycles. The Morgan fingerprint density at radius 1 is 0.488 bits per heavy atom. The highest BCUT2D eigenvalue weighted by Crippen LogP contribution is 2.44. The first-order valence-corrected chi connectivity index (χ1v) is 14.6. The smallest absolute Gasteiger partial charge is 0.213 e. The number of aromatic nitrogens is 1. The van der Waals surface area contributed by atoms with Gasteiger partial charge in [0.15, 0.2) is 0 Å². The van der Waals surface area contributed by atoms with E-state index in [1.165, 1.54) is 0 Å². The van der Waals surface area contributed by atoms with Crippen molar-refractivity contribution in [2.24, 2.45) is 0 Å². The number of fused-ring (bicyclic) bond motifs is 8. The second kappa shape index (κ2) is 9.28. The van der Waals surface area contributed by atoms with Crippen molar-refractivity contribution < 1.29 is 8.83 Å². The van der Waals surface area contributed by atoms with Gasteiger partial charge in [0, 0.05) is 55.4 Å². The van der Waals surface area contributed by atoms with Crippen molar-refractivity contribution in [2.45, 2.75) is 0 Å². The molecule has 0 unspecified atom stereocenters. The molecule has 3 heterocycles. The van der Waals surface area contributed by atoms with Gasteiger partial charge in [0.1, 0.15) is 16.7 Å². The zero-order chi connectivity index (χ0) is 28.5. The highest BCUT2D eigenvalue weighted by atomic mass is 35.5. The van der Waals surface area contributed by atoms with E-state index in [4.69, 9.17) is 20.4 Å². The van der Waals surface area contributed by atoms with Crippen molar-refractivity contribution in [3.05, 3.63) is 145 Å². The predicted octanol–water partition coefficient (Wildman–Crippen LogP) is 11.6. The van der Waals surface area contributed by atoms with Crippen LogP contribution in [-0.4, -0.2) is 4.57 Å². The molecule has 5 heteroatoms. The molecule has 43 heavy (non-hydrogen) atoms. The van der Waals surface area contributed by atoms with Gasteiger partial charge in [-0.15, -0.1) is 0 Å². The van der Waals surface area contributed by atoms with Crippen molar-refractivity contribution in [1.82, 2.24) is 4.57 Å². The predicted molar refractivity (Wildman–Crippen MR) is 178 cm³/mol. The minimum Gasteiger partial charge on any atom is -0.456 e.